The van der Waals surface area contributed by atoms with Crippen molar-refractivity contribution in [3.8, 4) is 34.1 Å². The molecule has 0 radical (unpaired) electrons. The van der Waals surface area contributed by atoms with E-state index in [1.54, 1.807) is 0 Å². The van der Waals surface area contributed by atoms with Gasteiger partial charge in [-0.15, -0.1) is 41.3 Å². The number of hydrogen-bond donors (Lipinski definition) is 0. The second kappa shape index (κ2) is 14.0. The third-order valence-corrected chi connectivity index (χ3v) is 10.2. The van der Waals surface area contributed by atoms with Gasteiger partial charge in [0.15, 0.2) is 0 Å². The topological polar surface area (TPSA) is 44.9 Å². The first kappa shape index (κ1) is 39.2. The minimum absolute atomic E-state index is 0. The SMILES string of the molecule is Cc1cc(C)c(-c2c(C)nn(-c3[c-]c(Oc4[c-]c5c(cc4)c4ccccc4n5-c4cc(C(C)(C)C)ccn4)cc(C(C)(C)C)c3)c2C(C)(C)C)c(C)c1.[Pd+2]. The molecule has 54 heavy (non-hydrogen) atoms. The van der Waals surface area contributed by atoms with Crippen LogP contribution < -0.4 is 4.74 Å². The molecule has 0 fully saturated rings. The predicted octanol–water partition coefficient (Wildman–Crippen LogP) is 12.5. The van der Waals surface area contributed by atoms with Crippen LogP contribution in [-0.4, -0.2) is 19.3 Å². The Balaban J connectivity index is 0.00000497. The Morgan fingerprint density at radius 2 is 1.30 bits per heavy atom. The van der Waals surface area contributed by atoms with Gasteiger partial charge in [0.05, 0.1) is 11.4 Å². The number of nitrogens with zero attached hydrogens (tertiary/aromatic N) is 4. The van der Waals surface area contributed by atoms with Crippen molar-refractivity contribution in [1.82, 2.24) is 19.3 Å². The number of aryl methyl sites for hydroxylation is 4. The number of benzene rings is 4. The van der Waals surface area contributed by atoms with Crippen LogP contribution in [0.1, 0.15) is 102 Å². The molecule has 6 heteroatoms. The molecule has 0 aliphatic carbocycles. The smallest absolute Gasteiger partial charge is 0.509 e. The molecule has 0 N–H and O–H groups in total. The summed E-state index contributed by atoms with van der Waals surface area (Å²) in [6.07, 6.45) is 1.90. The molecule has 3 aromatic heterocycles. The van der Waals surface area contributed by atoms with E-state index in [-0.39, 0.29) is 36.7 Å². The van der Waals surface area contributed by atoms with Crippen LogP contribution in [-0.2, 0) is 36.7 Å². The molecule has 0 amide bonds. The normalized spacial score (nSPS) is 12.4. The van der Waals surface area contributed by atoms with Crippen molar-refractivity contribution in [2.45, 2.75) is 106 Å². The summed E-state index contributed by atoms with van der Waals surface area (Å²) < 4.78 is 11.1. The molecule has 5 nitrogen and oxygen atoms in total. The quantitative estimate of drug-likeness (QED) is 0.129. The van der Waals surface area contributed by atoms with E-state index in [1.807, 2.05) is 12.3 Å². The monoisotopic (exact) mass is 806 g/mol. The number of ether oxygens (including phenoxy) is 1. The average Bonchev–Trinajstić information content (AvgIpc) is 3.58. The van der Waals surface area contributed by atoms with Gasteiger partial charge in [0.1, 0.15) is 5.82 Å². The zero-order valence-corrected chi connectivity index (χ0v) is 35.6. The zero-order chi connectivity index (χ0) is 38.2. The van der Waals surface area contributed by atoms with Gasteiger partial charge < -0.3 is 9.30 Å². The van der Waals surface area contributed by atoms with E-state index in [0.29, 0.717) is 11.5 Å². The summed E-state index contributed by atoms with van der Waals surface area (Å²) in [5.74, 6) is 2.09. The van der Waals surface area contributed by atoms with Gasteiger partial charge in [0.25, 0.3) is 0 Å². The predicted molar refractivity (Wildman–Crippen MR) is 220 cm³/mol. The van der Waals surface area contributed by atoms with Crippen molar-refractivity contribution >= 4 is 21.8 Å². The van der Waals surface area contributed by atoms with Gasteiger partial charge in [0, 0.05) is 34.2 Å². The Morgan fingerprint density at radius 1 is 0.630 bits per heavy atom. The fourth-order valence-corrected chi connectivity index (χ4v) is 7.70. The van der Waals surface area contributed by atoms with Crippen molar-refractivity contribution in [2.75, 3.05) is 0 Å². The third kappa shape index (κ3) is 7.19. The molecule has 0 saturated heterocycles. The van der Waals surface area contributed by atoms with Gasteiger partial charge in [-0.05, 0) is 90.1 Å². The van der Waals surface area contributed by atoms with Crippen molar-refractivity contribution in [1.29, 1.82) is 0 Å². The minimum atomic E-state index is -0.211. The van der Waals surface area contributed by atoms with Crippen LogP contribution in [0.2, 0.25) is 0 Å². The summed E-state index contributed by atoms with van der Waals surface area (Å²) in [5, 5.41) is 7.49. The summed E-state index contributed by atoms with van der Waals surface area (Å²) in [6.45, 7) is 28.9. The summed E-state index contributed by atoms with van der Waals surface area (Å²) in [5.41, 5.74) is 13.2. The average molecular weight is 807 g/mol. The van der Waals surface area contributed by atoms with Crippen LogP contribution in [0, 0.1) is 39.8 Å². The van der Waals surface area contributed by atoms with E-state index in [9.17, 15) is 0 Å². The van der Waals surface area contributed by atoms with E-state index in [2.05, 4.69) is 178 Å². The number of para-hydroxylation sites is 1. The Hall–Kier alpha value is -4.50. The molecule has 4 aromatic carbocycles. The largest absolute Gasteiger partial charge is 2.00 e. The molecule has 0 unspecified atom stereocenters. The molecular weight excluding hydrogens is 755 g/mol. The van der Waals surface area contributed by atoms with E-state index in [4.69, 9.17) is 14.8 Å². The number of aromatic nitrogens is 4. The van der Waals surface area contributed by atoms with E-state index in [0.717, 1.165) is 50.3 Å². The first-order valence-corrected chi connectivity index (χ1v) is 18.7. The van der Waals surface area contributed by atoms with Crippen molar-refractivity contribution < 1.29 is 25.2 Å². The van der Waals surface area contributed by atoms with Crippen LogP contribution >= 0.6 is 0 Å². The first-order chi connectivity index (χ1) is 24.8. The zero-order valence-electron chi connectivity index (χ0n) is 34.0. The Labute approximate surface area is 335 Å². The second-order valence-electron chi connectivity index (χ2n) is 17.8. The molecular formula is C48H52N4OPd. The van der Waals surface area contributed by atoms with Crippen LogP contribution in [0.3, 0.4) is 0 Å². The molecule has 0 atom stereocenters. The Bertz CT molecular complexity index is 2510. The molecule has 0 spiro atoms. The van der Waals surface area contributed by atoms with Crippen molar-refractivity contribution in [2.24, 2.45) is 0 Å². The Morgan fingerprint density at radius 3 is 1.94 bits per heavy atom. The van der Waals surface area contributed by atoms with Crippen LogP contribution in [0.5, 0.6) is 11.5 Å². The van der Waals surface area contributed by atoms with Gasteiger partial charge in [0.2, 0.25) is 0 Å². The number of rotatable bonds is 5. The van der Waals surface area contributed by atoms with Crippen LogP contribution in [0.4, 0.5) is 0 Å². The van der Waals surface area contributed by atoms with Crippen LogP contribution in [0.15, 0.2) is 79.0 Å². The molecule has 0 bridgehead atoms. The maximum atomic E-state index is 6.76. The van der Waals surface area contributed by atoms with Gasteiger partial charge in [-0.25, -0.2) is 4.98 Å². The summed E-state index contributed by atoms with van der Waals surface area (Å²) >= 11 is 0. The molecule has 7 aromatic rings. The number of hydrogen-bond acceptors (Lipinski definition) is 3. The third-order valence-electron chi connectivity index (χ3n) is 10.2. The summed E-state index contributed by atoms with van der Waals surface area (Å²) in [7, 11) is 0. The molecule has 3 heterocycles. The summed E-state index contributed by atoms with van der Waals surface area (Å²) in [6, 6.07) is 33.1. The van der Waals surface area contributed by atoms with Crippen molar-refractivity contribution in [3.63, 3.8) is 0 Å². The fraction of sp³-hybridized carbons (Fsp3) is 0.333. The van der Waals surface area contributed by atoms with Gasteiger partial charge >= 0.3 is 20.4 Å². The summed E-state index contributed by atoms with van der Waals surface area (Å²) in [4.78, 5) is 4.85. The van der Waals surface area contributed by atoms with Crippen molar-refractivity contribution in [3.05, 3.63) is 130 Å². The van der Waals surface area contributed by atoms with Gasteiger partial charge in [-0.3, -0.25) is 4.68 Å². The van der Waals surface area contributed by atoms with E-state index in [1.165, 1.54) is 33.4 Å². The number of pyridine rings is 1. The molecule has 0 aliphatic heterocycles. The standard InChI is InChI=1S/C48H52N4O.Pd/c1-29-22-30(2)43(31(3)23-29)44-32(4)50-52(45(44)48(11,12)13)35-24-34(47(8,9)10)25-37(27-35)53-36-18-19-39-38-16-14-15-17-40(38)51(41(39)28-36)42-26-33(20-21-49-42)46(5,6)7;/h14-26H,1-13H3;/q-2;+2. The maximum Gasteiger partial charge on any atom is 2.00 e. The first-order valence-electron chi connectivity index (χ1n) is 18.7. The molecule has 0 aliphatic rings. The fourth-order valence-electron chi connectivity index (χ4n) is 7.70. The van der Waals surface area contributed by atoms with Gasteiger partial charge in [-0.2, -0.15) is 11.2 Å². The minimum Gasteiger partial charge on any atom is -0.509 e. The van der Waals surface area contributed by atoms with E-state index < -0.39 is 0 Å². The van der Waals surface area contributed by atoms with E-state index >= 15 is 0 Å². The number of fused-ring (bicyclic) bond motifs is 3. The van der Waals surface area contributed by atoms with Gasteiger partial charge in [-0.1, -0.05) is 104 Å². The molecule has 280 valence electrons. The maximum absolute atomic E-state index is 6.76. The Kier molecular flexibility index (Phi) is 10.1. The molecule has 7 rings (SSSR count). The second-order valence-corrected chi connectivity index (χ2v) is 17.8. The molecule has 0 saturated carbocycles. The van der Waals surface area contributed by atoms with Crippen LogP contribution in [0.25, 0.3) is 44.4 Å².